The first-order chi connectivity index (χ1) is 9.79. The molecule has 0 bridgehead atoms. The first-order valence-electron chi connectivity index (χ1n) is 8.41. The molecule has 1 aliphatic heterocycles. The van der Waals surface area contributed by atoms with E-state index in [-0.39, 0.29) is 6.10 Å². The van der Waals surface area contributed by atoms with Crippen molar-refractivity contribution in [1.29, 1.82) is 0 Å². The Morgan fingerprint density at radius 1 is 1.25 bits per heavy atom. The van der Waals surface area contributed by atoms with E-state index in [1.54, 1.807) is 0 Å². The molecule has 2 fully saturated rings. The summed E-state index contributed by atoms with van der Waals surface area (Å²) in [6.45, 7) is 4.44. The monoisotopic (exact) mass is 301 g/mol. The zero-order valence-electron chi connectivity index (χ0n) is 12.9. The van der Waals surface area contributed by atoms with Gasteiger partial charge in [-0.2, -0.15) is 11.8 Å². The highest BCUT2D eigenvalue weighted by molar-refractivity contribution is 8.00. The molecule has 1 heterocycles. The van der Waals surface area contributed by atoms with Gasteiger partial charge in [-0.05, 0) is 37.4 Å². The summed E-state index contributed by atoms with van der Waals surface area (Å²) in [7, 11) is 0. The molecule has 0 radical (unpaired) electrons. The van der Waals surface area contributed by atoms with Crippen molar-refractivity contribution in [2.45, 2.75) is 69.3 Å². The molecule has 2 N–H and O–H groups in total. The van der Waals surface area contributed by atoms with Crippen molar-refractivity contribution in [2.24, 2.45) is 5.92 Å². The Morgan fingerprint density at radius 3 is 2.85 bits per heavy atom. The normalized spacial score (nSPS) is 32.4. The summed E-state index contributed by atoms with van der Waals surface area (Å²) >= 11 is 2.06. The van der Waals surface area contributed by atoms with Crippen LogP contribution in [0.4, 0.5) is 0 Å². The van der Waals surface area contributed by atoms with Crippen LogP contribution in [0.15, 0.2) is 0 Å². The van der Waals surface area contributed by atoms with Crippen molar-refractivity contribution < 1.29 is 9.84 Å². The first kappa shape index (κ1) is 16.6. The molecular weight excluding hydrogens is 270 g/mol. The fraction of sp³-hybridized carbons (Fsp3) is 1.00. The lowest BCUT2D eigenvalue weighted by Crippen LogP contribution is -2.36. The summed E-state index contributed by atoms with van der Waals surface area (Å²) in [4.78, 5) is 0. The fourth-order valence-electron chi connectivity index (χ4n) is 3.37. The highest BCUT2D eigenvalue weighted by Crippen LogP contribution is 2.29. The Hall–Kier alpha value is 0.230. The molecule has 2 rings (SSSR count). The van der Waals surface area contributed by atoms with E-state index in [0.717, 1.165) is 11.8 Å². The van der Waals surface area contributed by atoms with E-state index in [2.05, 4.69) is 24.0 Å². The predicted molar refractivity (Wildman–Crippen MR) is 86.3 cm³/mol. The molecular formula is C16H31NO2S. The number of nitrogens with one attached hydrogen (secondary N) is 1. The summed E-state index contributed by atoms with van der Waals surface area (Å²) in [5.74, 6) is 2.01. The van der Waals surface area contributed by atoms with Gasteiger partial charge in [0.25, 0.3) is 0 Å². The number of thioether (sulfide) groups is 1. The summed E-state index contributed by atoms with van der Waals surface area (Å²) in [5.41, 5.74) is 0. The Balaban J connectivity index is 1.55. The summed E-state index contributed by atoms with van der Waals surface area (Å²) in [5, 5.41) is 14.2. The lowest BCUT2D eigenvalue weighted by Gasteiger charge is -2.31. The van der Waals surface area contributed by atoms with E-state index in [1.807, 2.05) is 0 Å². The molecule has 0 aromatic rings. The van der Waals surface area contributed by atoms with Gasteiger partial charge in [0, 0.05) is 18.3 Å². The van der Waals surface area contributed by atoms with Crippen LogP contribution in [-0.2, 0) is 4.74 Å². The molecule has 0 spiro atoms. The minimum Gasteiger partial charge on any atom is -0.389 e. The molecule has 4 heteroatoms. The third-order valence-electron chi connectivity index (χ3n) is 4.64. The maximum atomic E-state index is 10.0. The maximum absolute atomic E-state index is 10.0. The van der Waals surface area contributed by atoms with Crippen molar-refractivity contribution in [1.82, 2.24) is 5.32 Å². The highest BCUT2D eigenvalue weighted by atomic mass is 32.2. The average molecular weight is 301 g/mol. The van der Waals surface area contributed by atoms with Crippen molar-refractivity contribution >= 4 is 11.8 Å². The van der Waals surface area contributed by atoms with Gasteiger partial charge in [0.05, 0.1) is 18.8 Å². The zero-order chi connectivity index (χ0) is 14.2. The second kappa shape index (κ2) is 9.29. The van der Waals surface area contributed by atoms with E-state index in [1.165, 1.54) is 50.7 Å². The van der Waals surface area contributed by atoms with E-state index in [0.29, 0.717) is 25.2 Å². The topological polar surface area (TPSA) is 41.5 Å². The van der Waals surface area contributed by atoms with Gasteiger partial charge in [0.15, 0.2) is 0 Å². The van der Waals surface area contributed by atoms with Crippen LogP contribution >= 0.6 is 11.8 Å². The van der Waals surface area contributed by atoms with Crippen LogP contribution in [0.5, 0.6) is 0 Å². The number of ether oxygens (including phenoxy) is 1. The maximum Gasteiger partial charge on any atom is 0.0897 e. The van der Waals surface area contributed by atoms with Crippen molar-refractivity contribution in [3.05, 3.63) is 0 Å². The molecule has 4 atom stereocenters. The Labute approximate surface area is 128 Å². The molecule has 118 valence electrons. The van der Waals surface area contributed by atoms with Gasteiger partial charge in [-0.3, -0.25) is 0 Å². The number of hydrogen-bond donors (Lipinski definition) is 2. The van der Waals surface area contributed by atoms with Crippen molar-refractivity contribution in [2.75, 3.05) is 25.4 Å². The minimum absolute atomic E-state index is 0.360. The lowest BCUT2D eigenvalue weighted by molar-refractivity contribution is -0.0498. The van der Waals surface area contributed by atoms with Gasteiger partial charge < -0.3 is 15.2 Å². The second-order valence-electron chi connectivity index (χ2n) is 6.27. The minimum atomic E-state index is -0.360. The quantitative estimate of drug-likeness (QED) is 0.723. The summed E-state index contributed by atoms with van der Waals surface area (Å²) in [6, 6.07) is 0. The Morgan fingerprint density at radius 2 is 2.10 bits per heavy atom. The van der Waals surface area contributed by atoms with Crippen LogP contribution in [0.1, 0.15) is 51.9 Å². The van der Waals surface area contributed by atoms with Crippen LogP contribution in [0.25, 0.3) is 0 Å². The van der Waals surface area contributed by atoms with Gasteiger partial charge in [-0.1, -0.05) is 26.2 Å². The van der Waals surface area contributed by atoms with Crippen LogP contribution in [0.3, 0.4) is 0 Å². The Kier molecular flexibility index (Phi) is 7.71. The molecule has 1 aliphatic carbocycles. The number of rotatable bonds is 8. The number of aliphatic hydroxyl groups excluding tert-OH is 1. The van der Waals surface area contributed by atoms with Gasteiger partial charge in [0.2, 0.25) is 0 Å². The van der Waals surface area contributed by atoms with Gasteiger partial charge in [-0.15, -0.1) is 0 Å². The summed E-state index contributed by atoms with van der Waals surface area (Å²) < 4.78 is 5.98. The highest BCUT2D eigenvalue weighted by Gasteiger charge is 2.25. The summed E-state index contributed by atoms with van der Waals surface area (Å²) in [6.07, 6.45) is 9.02. The van der Waals surface area contributed by atoms with E-state index < -0.39 is 0 Å². The standard InChI is InChI=1S/C16H31NO2S/c1-2-13-6-3-4-8-16(13)19-12-14(18)10-17-11-15-7-5-9-20-15/h13-18H,2-12H2,1H3. The van der Waals surface area contributed by atoms with Crippen LogP contribution < -0.4 is 5.32 Å². The second-order valence-corrected chi connectivity index (χ2v) is 7.68. The van der Waals surface area contributed by atoms with E-state index in [9.17, 15) is 5.11 Å². The predicted octanol–water partition coefficient (Wildman–Crippen LogP) is 2.82. The molecule has 1 saturated carbocycles. The smallest absolute Gasteiger partial charge is 0.0897 e. The van der Waals surface area contributed by atoms with E-state index in [4.69, 9.17) is 4.74 Å². The molecule has 20 heavy (non-hydrogen) atoms. The Bertz CT molecular complexity index is 259. The molecule has 2 aliphatic rings. The fourth-order valence-corrected chi connectivity index (χ4v) is 4.61. The molecule has 3 nitrogen and oxygen atoms in total. The third kappa shape index (κ3) is 5.55. The lowest BCUT2D eigenvalue weighted by atomic mass is 9.85. The van der Waals surface area contributed by atoms with Crippen molar-refractivity contribution in [3.63, 3.8) is 0 Å². The molecule has 4 unspecified atom stereocenters. The van der Waals surface area contributed by atoms with Gasteiger partial charge in [-0.25, -0.2) is 0 Å². The molecule has 0 aromatic heterocycles. The number of hydrogen-bond acceptors (Lipinski definition) is 4. The van der Waals surface area contributed by atoms with Crippen LogP contribution in [0, 0.1) is 5.92 Å². The van der Waals surface area contributed by atoms with Crippen LogP contribution in [0.2, 0.25) is 0 Å². The average Bonchev–Trinajstić information content (AvgIpc) is 2.98. The molecule has 0 aromatic carbocycles. The van der Waals surface area contributed by atoms with Gasteiger partial charge in [0.1, 0.15) is 0 Å². The third-order valence-corrected chi connectivity index (χ3v) is 6.04. The largest absolute Gasteiger partial charge is 0.389 e. The van der Waals surface area contributed by atoms with E-state index >= 15 is 0 Å². The first-order valence-corrected chi connectivity index (χ1v) is 9.46. The van der Waals surface area contributed by atoms with Crippen molar-refractivity contribution in [3.8, 4) is 0 Å². The van der Waals surface area contributed by atoms with Gasteiger partial charge >= 0.3 is 0 Å². The molecule has 0 amide bonds. The number of aliphatic hydroxyl groups is 1. The van der Waals surface area contributed by atoms with Crippen LogP contribution in [-0.4, -0.2) is 48.0 Å². The molecule has 1 saturated heterocycles. The zero-order valence-corrected chi connectivity index (χ0v) is 13.7. The SMILES string of the molecule is CCC1CCCCC1OCC(O)CNCC1CCCS1.